The molecule has 0 saturated carbocycles. The number of amides is 2. The van der Waals surface area contributed by atoms with Crippen molar-refractivity contribution < 1.29 is 14.0 Å². The number of nitrogens with one attached hydrogen (secondary N) is 2. The number of rotatable bonds is 4. The van der Waals surface area contributed by atoms with Crippen LogP contribution in [0.15, 0.2) is 59.5 Å². The van der Waals surface area contributed by atoms with Gasteiger partial charge in [-0.3, -0.25) is 14.4 Å². The first kappa shape index (κ1) is 20.5. The minimum atomic E-state index is -0.648. The van der Waals surface area contributed by atoms with E-state index < -0.39 is 17.3 Å². The number of hydrogen-bond acceptors (Lipinski definition) is 3. The highest BCUT2D eigenvalue weighted by Gasteiger charge is 2.23. The molecule has 2 heterocycles. The number of carbonyl (C=O) groups is 2. The third-order valence-electron chi connectivity index (χ3n) is 5.57. The molecule has 158 valence electrons. The molecule has 4 rings (SSSR count). The summed E-state index contributed by atoms with van der Waals surface area (Å²) in [6.45, 7) is 3.56. The number of anilines is 2. The predicted molar refractivity (Wildman–Crippen MR) is 117 cm³/mol. The molecule has 6 nitrogen and oxygen atoms in total. The maximum atomic E-state index is 14.1. The number of pyridine rings is 1. The second-order valence-corrected chi connectivity index (χ2v) is 7.66. The molecule has 0 bridgehead atoms. The molecule has 2 N–H and O–H groups in total. The van der Waals surface area contributed by atoms with E-state index in [0.29, 0.717) is 23.2 Å². The molecule has 0 saturated heterocycles. The Morgan fingerprint density at radius 3 is 2.61 bits per heavy atom. The van der Waals surface area contributed by atoms with Crippen molar-refractivity contribution in [1.29, 1.82) is 0 Å². The van der Waals surface area contributed by atoms with Crippen molar-refractivity contribution in [1.82, 2.24) is 4.57 Å². The monoisotopic (exact) mass is 419 g/mol. The summed E-state index contributed by atoms with van der Waals surface area (Å²) in [5, 5.41) is 5.32. The molecule has 0 radical (unpaired) electrons. The molecule has 1 unspecified atom stereocenters. The zero-order valence-corrected chi connectivity index (χ0v) is 17.2. The Morgan fingerprint density at radius 2 is 1.87 bits per heavy atom. The maximum Gasteiger partial charge on any atom is 0.264 e. The van der Waals surface area contributed by atoms with Crippen LogP contribution >= 0.6 is 0 Å². The minimum Gasteiger partial charge on any atom is -0.324 e. The molecule has 1 atom stereocenters. The Hall–Kier alpha value is -3.74. The van der Waals surface area contributed by atoms with Gasteiger partial charge in [0.2, 0.25) is 5.91 Å². The Labute approximate surface area is 178 Å². The van der Waals surface area contributed by atoms with Gasteiger partial charge in [-0.25, -0.2) is 4.39 Å². The van der Waals surface area contributed by atoms with Gasteiger partial charge >= 0.3 is 0 Å². The van der Waals surface area contributed by atoms with E-state index in [0.717, 1.165) is 11.6 Å². The van der Waals surface area contributed by atoms with Gasteiger partial charge in [0.15, 0.2) is 0 Å². The van der Waals surface area contributed by atoms with Crippen molar-refractivity contribution in [3.8, 4) is 0 Å². The predicted octanol–water partition coefficient (Wildman–Crippen LogP) is 4.04. The highest BCUT2D eigenvalue weighted by atomic mass is 19.1. The Bertz CT molecular complexity index is 1230. The van der Waals surface area contributed by atoms with Crippen molar-refractivity contribution in [3.63, 3.8) is 0 Å². The molecule has 7 heteroatoms. The zero-order chi connectivity index (χ0) is 22.1. The number of hydrogen-bond donors (Lipinski definition) is 2. The molecule has 2 aromatic carbocycles. The van der Waals surface area contributed by atoms with E-state index in [1.54, 1.807) is 19.2 Å². The first-order valence-corrected chi connectivity index (χ1v) is 10.1. The molecule has 0 aliphatic carbocycles. The van der Waals surface area contributed by atoms with E-state index in [4.69, 9.17) is 0 Å². The molecular formula is C24H22FN3O3. The van der Waals surface area contributed by atoms with Gasteiger partial charge in [0.1, 0.15) is 11.4 Å². The van der Waals surface area contributed by atoms with Crippen LogP contribution in [0, 0.1) is 12.7 Å². The highest BCUT2D eigenvalue weighted by molar-refractivity contribution is 6.08. The Morgan fingerprint density at radius 1 is 1.13 bits per heavy atom. The van der Waals surface area contributed by atoms with E-state index in [1.807, 2.05) is 37.3 Å². The van der Waals surface area contributed by atoms with Crippen molar-refractivity contribution in [3.05, 3.63) is 93.2 Å². The third kappa shape index (κ3) is 3.99. The second kappa shape index (κ2) is 8.18. The summed E-state index contributed by atoms with van der Waals surface area (Å²) in [7, 11) is 0. The fourth-order valence-corrected chi connectivity index (χ4v) is 3.86. The third-order valence-corrected chi connectivity index (χ3v) is 5.57. The molecular weight excluding hydrogens is 397 g/mol. The van der Waals surface area contributed by atoms with Gasteiger partial charge in [-0.15, -0.1) is 0 Å². The van der Waals surface area contributed by atoms with Gasteiger partial charge < -0.3 is 15.2 Å². The molecule has 1 aromatic heterocycles. The first-order valence-electron chi connectivity index (χ1n) is 10.1. The van der Waals surface area contributed by atoms with Gasteiger partial charge in [0.25, 0.3) is 11.5 Å². The summed E-state index contributed by atoms with van der Waals surface area (Å²) in [4.78, 5) is 38.1. The van der Waals surface area contributed by atoms with Crippen LogP contribution in [0.3, 0.4) is 0 Å². The number of halogens is 1. The fraction of sp³-hybridized carbons (Fsp3) is 0.208. The zero-order valence-electron chi connectivity index (χ0n) is 17.2. The topological polar surface area (TPSA) is 80.2 Å². The van der Waals surface area contributed by atoms with Gasteiger partial charge in [-0.1, -0.05) is 30.3 Å². The lowest BCUT2D eigenvalue weighted by Crippen LogP contribution is -2.32. The van der Waals surface area contributed by atoms with E-state index >= 15 is 0 Å². The van der Waals surface area contributed by atoms with Gasteiger partial charge in [-0.2, -0.15) is 0 Å². The average molecular weight is 419 g/mol. The number of benzene rings is 2. The van der Waals surface area contributed by atoms with Crippen molar-refractivity contribution in [2.75, 3.05) is 10.6 Å². The van der Waals surface area contributed by atoms with Gasteiger partial charge in [0, 0.05) is 12.6 Å². The van der Waals surface area contributed by atoms with Crippen LogP contribution in [-0.2, 0) is 11.2 Å². The summed E-state index contributed by atoms with van der Waals surface area (Å²) in [5.41, 5.74) is 2.09. The normalized spacial score (nSPS) is 13.8. The largest absolute Gasteiger partial charge is 0.324 e. The molecule has 3 aromatic rings. The SMILES string of the molecule is Cc1ccn(C(C)c2ccccc2)c(=O)c1C(=O)Nc1cc(F)cc2c1NC(=O)CC2. The molecule has 0 fully saturated rings. The number of aryl methyl sites for hydroxylation is 2. The quantitative estimate of drug-likeness (QED) is 0.670. The average Bonchev–Trinajstić information content (AvgIpc) is 2.74. The lowest BCUT2D eigenvalue weighted by atomic mass is 10.0. The maximum absolute atomic E-state index is 14.1. The smallest absolute Gasteiger partial charge is 0.264 e. The van der Waals surface area contributed by atoms with Crippen LogP contribution in [0.1, 0.15) is 46.4 Å². The number of aromatic nitrogens is 1. The number of fused-ring (bicyclic) bond motifs is 1. The van der Waals surface area contributed by atoms with Gasteiger partial charge in [0.05, 0.1) is 17.4 Å². The number of nitrogens with zero attached hydrogens (tertiary/aromatic N) is 1. The van der Waals surface area contributed by atoms with Crippen LogP contribution in [0.2, 0.25) is 0 Å². The fourth-order valence-electron chi connectivity index (χ4n) is 3.86. The van der Waals surface area contributed by atoms with Crippen LogP contribution in [0.4, 0.5) is 15.8 Å². The van der Waals surface area contributed by atoms with E-state index in [9.17, 15) is 18.8 Å². The van der Waals surface area contributed by atoms with Crippen molar-refractivity contribution in [2.45, 2.75) is 32.7 Å². The van der Waals surface area contributed by atoms with Crippen LogP contribution in [0.5, 0.6) is 0 Å². The summed E-state index contributed by atoms with van der Waals surface area (Å²) >= 11 is 0. The standard InChI is InChI=1S/C24H22FN3O3/c1-14-10-11-28(15(2)16-6-4-3-5-7-16)24(31)21(14)23(30)26-19-13-18(25)12-17-8-9-20(29)27-22(17)19/h3-7,10-13,15H,8-9H2,1-2H3,(H,26,30)(H,27,29). The minimum absolute atomic E-state index is 0.0228. The molecule has 1 aliphatic heterocycles. The summed E-state index contributed by atoms with van der Waals surface area (Å²) < 4.78 is 15.6. The van der Waals surface area contributed by atoms with E-state index in [1.165, 1.54) is 10.6 Å². The highest BCUT2D eigenvalue weighted by Crippen LogP contribution is 2.32. The van der Waals surface area contributed by atoms with Crippen LogP contribution in [-0.4, -0.2) is 16.4 Å². The number of carbonyl (C=O) groups excluding carboxylic acids is 2. The lowest BCUT2D eigenvalue weighted by molar-refractivity contribution is -0.116. The molecule has 0 spiro atoms. The van der Waals surface area contributed by atoms with Gasteiger partial charge in [-0.05, 0) is 55.2 Å². The Balaban J connectivity index is 1.71. The Kier molecular flexibility index (Phi) is 5.42. The van der Waals surface area contributed by atoms with Crippen molar-refractivity contribution in [2.24, 2.45) is 0 Å². The van der Waals surface area contributed by atoms with E-state index in [2.05, 4.69) is 10.6 Å². The van der Waals surface area contributed by atoms with Crippen LogP contribution in [0.25, 0.3) is 0 Å². The van der Waals surface area contributed by atoms with Crippen LogP contribution < -0.4 is 16.2 Å². The summed E-state index contributed by atoms with van der Waals surface area (Å²) in [5.74, 6) is -1.38. The lowest BCUT2D eigenvalue weighted by Gasteiger charge is -2.21. The van der Waals surface area contributed by atoms with Crippen molar-refractivity contribution >= 4 is 23.2 Å². The van der Waals surface area contributed by atoms with E-state index in [-0.39, 0.29) is 29.6 Å². The first-order chi connectivity index (χ1) is 14.8. The summed E-state index contributed by atoms with van der Waals surface area (Å²) in [6.07, 6.45) is 2.30. The molecule has 31 heavy (non-hydrogen) atoms. The molecule has 2 amide bonds. The second-order valence-electron chi connectivity index (χ2n) is 7.66. The summed E-state index contributed by atoms with van der Waals surface area (Å²) in [6, 6.07) is 13.4. The molecule has 1 aliphatic rings.